The minimum atomic E-state index is -0.385. The van der Waals surface area contributed by atoms with Gasteiger partial charge in [0.25, 0.3) is 5.24 Å². The predicted octanol–water partition coefficient (Wildman–Crippen LogP) is 3.48. The fourth-order valence-corrected chi connectivity index (χ4v) is 1.38. The molecule has 1 amide bonds. The molecule has 0 atom stereocenters. The minimum Gasteiger partial charge on any atom is -0.305 e. The number of hydrogen-bond donors (Lipinski definition) is 1. The Bertz CT molecular complexity index is 343. The Morgan fingerprint density at radius 2 is 2.08 bits per heavy atom. The molecular formula is C8H7Cl2NOS. The SMILES string of the molecule is CN(C(=O)S)c1cccc(Cl)c1Cl. The molecule has 0 fully saturated rings. The molecule has 13 heavy (non-hydrogen) atoms. The van der Waals surface area contributed by atoms with E-state index in [9.17, 15) is 4.79 Å². The molecular weight excluding hydrogens is 229 g/mol. The van der Waals surface area contributed by atoms with Gasteiger partial charge in [-0.15, -0.1) is 0 Å². The van der Waals surface area contributed by atoms with Gasteiger partial charge in [0.15, 0.2) is 0 Å². The van der Waals surface area contributed by atoms with E-state index in [4.69, 9.17) is 23.2 Å². The Balaban J connectivity index is 3.15. The average Bonchev–Trinajstić information content (AvgIpc) is 2.08. The van der Waals surface area contributed by atoms with Crippen molar-refractivity contribution in [1.82, 2.24) is 0 Å². The number of hydrogen-bond acceptors (Lipinski definition) is 1. The molecule has 0 heterocycles. The molecule has 0 spiro atoms. The second-order valence-corrected chi connectivity index (χ2v) is 3.58. The van der Waals surface area contributed by atoms with Crippen molar-refractivity contribution in [3.8, 4) is 0 Å². The van der Waals surface area contributed by atoms with Crippen LogP contribution < -0.4 is 4.90 Å². The third-order valence-corrected chi connectivity index (χ3v) is 2.69. The molecule has 0 saturated heterocycles. The number of thiol groups is 1. The van der Waals surface area contributed by atoms with Crippen LogP contribution in [0.25, 0.3) is 0 Å². The minimum absolute atomic E-state index is 0.356. The third-order valence-electron chi connectivity index (χ3n) is 1.58. The number of nitrogens with zero attached hydrogens (tertiary/aromatic N) is 1. The van der Waals surface area contributed by atoms with Gasteiger partial charge in [0.2, 0.25) is 0 Å². The van der Waals surface area contributed by atoms with Crippen LogP contribution >= 0.6 is 35.8 Å². The van der Waals surface area contributed by atoms with E-state index in [-0.39, 0.29) is 5.24 Å². The normalized spacial score (nSPS) is 9.85. The molecule has 0 N–H and O–H groups in total. The lowest BCUT2D eigenvalue weighted by atomic mass is 10.3. The molecule has 0 aromatic heterocycles. The van der Waals surface area contributed by atoms with E-state index in [0.29, 0.717) is 15.7 Å². The van der Waals surface area contributed by atoms with E-state index >= 15 is 0 Å². The van der Waals surface area contributed by atoms with Crippen LogP contribution in [0.3, 0.4) is 0 Å². The Labute approximate surface area is 91.8 Å². The second kappa shape index (κ2) is 4.22. The molecule has 0 radical (unpaired) electrons. The van der Waals surface area contributed by atoms with Gasteiger partial charge < -0.3 is 4.90 Å². The summed E-state index contributed by atoms with van der Waals surface area (Å²) in [5.74, 6) is 0. The van der Waals surface area contributed by atoms with Gasteiger partial charge in [-0.25, -0.2) is 0 Å². The number of amides is 1. The lowest BCUT2D eigenvalue weighted by molar-refractivity contribution is 0.266. The molecule has 1 aromatic rings. The first kappa shape index (κ1) is 10.7. The van der Waals surface area contributed by atoms with Crippen molar-refractivity contribution in [3.63, 3.8) is 0 Å². The Morgan fingerprint density at radius 3 is 2.62 bits per heavy atom. The van der Waals surface area contributed by atoms with Crippen LogP contribution in [0.4, 0.5) is 10.5 Å². The van der Waals surface area contributed by atoms with Crippen LogP contribution in [-0.2, 0) is 0 Å². The van der Waals surface area contributed by atoms with Gasteiger partial charge in [0.05, 0.1) is 15.7 Å². The first-order valence-electron chi connectivity index (χ1n) is 3.44. The first-order valence-corrected chi connectivity index (χ1v) is 4.65. The molecule has 0 saturated carbocycles. The molecule has 0 unspecified atom stereocenters. The van der Waals surface area contributed by atoms with Gasteiger partial charge in [0.1, 0.15) is 0 Å². The van der Waals surface area contributed by atoms with Gasteiger partial charge in [-0.2, -0.15) is 0 Å². The van der Waals surface area contributed by atoms with Crippen LogP contribution in [0.5, 0.6) is 0 Å². The van der Waals surface area contributed by atoms with E-state index < -0.39 is 0 Å². The molecule has 0 aliphatic carbocycles. The van der Waals surface area contributed by atoms with Crippen molar-refractivity contribution < 1.29 is 4.79 Å². The summed E-state index contributed by atoms with van der Waals surface area (Å²) < 4.78 is 0. The standard InChI is InChI=1S/C8H7Cl2NOS/c1-11(8(12)13)6-4-2-3-5(9)7(6)10/h2-4H,1H3,(H,12,13). The zero-order chi connectivity index (χ0) is 10.0. The van der Waals surface area contributed by atoms with Crippen molar-refractivity contribution in [2.24, 2.45) is 0 Å². The van der Waals surface area contributed by atoms with E-state index in [0.717, 1.165) is 0 Å². The smallest absolute Gasteiger partial charge is 0.282 e. The summed E-state index contributed by atoms with van der Waals surface area (Å²) in [6.45, 7) is 0. The van der Waals surface area contributed by atoms with Crippen LogP contribution in [0, 0.1) is 0 Å². The highest BCUT2D eigenvalue weighted by Crippen LogP contribution is 2.32. The van der Waals surface area contributed by atoms with Gasteiger partial charge in [0, 0.05) is 7.05 Å². The van der Waals surface area contributed by atoms with Crippen LogP contribution in [0.2, 0.25) is 10.0 Å². The van der Waals surface area contributed by atoms with Gasteiger partial charge in [-0.3, -0.25) is 4.79 Å². The summed E-state index contributed by atoms with van der Waals surface area (Å²) in [4.78, 5) is 12.2. The summed E-state index contributed by atoms with van der Waals surface area (Å²) in [5.41, 5.74) is 0.550. The van der Waals surface area contributed by atoms with Crippen molar-refractivity contribution in [2.45, 2.75) is 0 Å². The average molecular weight is 236 g/mol. The van der Waals surface area contributed by atoms with Crippen molar-refractivity contribution in [3.05, 3.63) is 28.2 Å². The van der Waals surface area contributed by atoms with E-state index in [2.05, 4.69) is 12.6 Å². The lowest BCUT2D eigenvalue weighted by Gasteiger charge is -2.15. The Morgan fingerprint density at radius 1 is 1.46 bits per heavy atom. The van der Waals surface area contributed by atoms with Crippen molar-refractivity contribution in [2.75, 3.05) is 11.9 Å². The zero-order valence-corrected chi connectivity index (χ0v) is 9.20. The van der Waals surface area contributed by atoms with Crippen LogP contribution in [0.15, 0.2) is 18.2 Å². The summed E-state index contributed by atoms with van der Waals surface area (Å²) in [5, 5.41) is 0.388. The highest BCUT2D eigenvalue weighted by molar-refractivity contribution is 7.96. The van der Waals surface area contributed by atoms with Crippen LogP contribution in [0.1, 0.15) is 0 Å². The molecule has 1 rings (SSSR count). The topological polar surface area (TPSA) is 20.3 Å². The fourth-order valence-electron chi connectivity index (χ4n) is 0.854. The molecule has 5 heteroatoms. The summed E-state index contributed by atoms with van der Waals surface area (Å²) in [7, 11) is 1.58. The van der Waals surface area contributed by atoms with Crippen LogP contribution in [-0.4, -0.2) is 12.3 Å². The maximum atomic E-state index is 10.9. The van der Waals surface area contributed by atoms with E-state index in [1.54, 1.807) is 25.2 Å². The lowest BCUT2D eigenvalue weighted by Crippen LogP contribution is -2.19. The number of carbonyl (C=O) groups excluding carboxylic acids is 1. The number of anilines is 1. The van der Waals surface area contributed by atoms with Crippen molar-refractivity contribution >= 4 is 46.8 Å². The number of halogens is 2. The monoisotopic (exact) mass is 235 g/mol. The summed E-state index contributed by atoms with van der Waals surface area (Å²) in [6, 6.07) is 5.07. The largest absolute Gasteiger partial charge is 0.305 e. The van der Waals surface area contributed by atoms with Gasteiger partial charge in [-0.05, 0) is 12.1 Å². The number of benzene rings is 1. The molecule has 0 aliphatic rings. The predicted molar refractivity (Wildman–Crippen MR) is 59.2 cm³/mol. The quantitative estimate of drug-likeness (QED) is 0.740. The molecule has 1 aromatic carbocycles. The maximum Gasteiger partial charge on any atom is 0.282 e. The molecule has 0 aliphatic heterocycles. The zero-order valence-electron chi connectivity index (χ0n) is 6.79. The third kappa shape index (κ3) is 2.30. The maximum absolute atomic E-state index is 10.9. The first-order chi connectivity index (χ1) is 6.04. The Kier molecular flexibility index (Phi) is 3.47. The Hall–Kier alpha value is -0.380. The van der Waals surface area contributed by atoms with E-state index in [1.807, 2.05) is 0 Å². The second-order valence-electron chi connectivity index (χ2n) is 2.41. The fraction of sp³-hybridized carbons (Fsp3) is 0.125. The van der Waals surface area contributed by atoms with Gasteiger partial charge in [-0.1, -0.05) is 41.9 Å². The molecule has 0 bridgehead atoms. The summed E-state index contributed by atoms with van der Waals surface area (Å²) in [6.07, 6.45) is 0. The number of rotatable bonds is 1. The highest BCUT2D eigenvalue weighted by atomic mass is 35.5. The van der Waals surface area contributed by atoms with E-state index in [1.165, 1.54) is 4.90 Å². The number of carbonyl (C=O) groups is 1. The molecule has 70 valence electrons. The molecule has 2 nitrogen and oxygen atoms in total. The van der Waals surface area contributed by atoms with Gasteiger partial charge >= 0.3 is 0 Å². The highest BCUT2D eigenvalue weighted by Gasteiger charge is 2.11. The van der Waals surface area contributed by atoms with Crippen molar-refractivity contribution in [1.29, 1.82) is 0 Å². The summed E-state index contributed by atoms with van der Waals surface area (Å²) >= 11 is 15.3.